The summed E-state index contributed by atoms with van der Waals surface area (Å²) in [6, 6.07) is 6.19. The molecule has 104 valence electrons. The first-order valence-electron chi connectivity index (χ1n) is 5.82. The van der Waals surface area contributed by atoms with Crippen LogP contribution in [0.3, 0.4) is 0 Å². The van der Waals surface area contributed by atoms with Crippen molar-refractivity contribution < 1.29 is 18.3 Å². The Morgan fingerprint density at radius 2 is 2.10 bits per heavy atom. The third-order valence-corrected chi connectivity index (χ3v) is 2.65. The van der Waals surface area contributed by atoms with Crippen molar-refractivity contribution in [3.8, 4) is 0 Å². The molecule has 0 fully saturated rings. The van der Waals surface area contributed by atoms with Crippen molar-refractivity contribution in [3.63, 3.8) is 0 Å². The molecule has 1 N–H and O–H groups in total. The summed E-state index contributed by atoms with van der Waals surface area (Å²) in [5.41, 5.74) is 0.500. The van der Waals surface area contributed by atoms with Gasteiger partial charge < -0.3 is 10.1 Å². The third-order valence-electron chi connectivity index (χ3n) is 2.65. The van der Waals surface area contributed by atoms with Crippen LogP contribution in [0.4, 0.5) is 14.6 Å². The monoisotopic (exact) mass is 278 g/mol. The smallest absolute Gasteiger partial charge is 0.338 e. The van der Waals surface area contributed by atoms with Gasteiger partial charge >= 0.3 is 5.97 Å². The zero-order valence-electron chi connectivity index (χ0n) is 10.7. The molecule has 2 aromatic rings. The van der Waals surface area contributed by atoms with Crippen molar-refractivity contribution in [3.05, 3.63) is 59.3 Å². The SMILES string of the molecule is COC(=O)c1ccnc(NCc2cc(F)ccc2F)c1. The quantitative estimate of drug-likeness (QED) is 0.874. The topological polar surface area (TPSA) is 51.2 Å². The van der Waals surface area contributed by atoms with E-state index in [2.05, 4.69) is 15.0 Å². The molecule has 0 spiro atoms. The fourth-order valence-electron chi connectivity index (χ4n) is 1.64. The highest BCUT2D eigenvalue weighted by Crippen LogP contribution is 2.13. The molecule has 2 rings (SSSR count). The number of methoxy groups -OCH3 is 1. The van der Waals surface area contributed by atoms with Gasteiger partial charge in [-0.25, -0.2) is 18.6 Å². The number of carbonyl (C=O) groups excluding carboxylic acids is 1. The number of hydrogen-bond acceptors (Lipinski definition) is 4. The number of nitrogens with one attached hydrogen (secondary N) is 1. The first-order valence-corrected chi connectivity index (χ1v) is 5.82. The maximum absolute atomic E-state index is 13.4. The van der Waals surface area contributed by atoms with E-state index in [0.29, 0.717) is 11.4 Å². The number of ether oxygens (including phenoxy) is 1. The van der Waals surface area contributed by atoms with E-state index >= 15 is 0 Å². The average Bonchev–Trinajstić information content (AvgIpc) is 2.47. The van der Waals surface area contributed by atoms with Gasteiger partial charge in [0.1, 0.15) is 17.5 Å². The average molecular weight is 278 g/mol. The molecule has 20 heavy (non-hydrogen) atoms. The maximum atomic E-state index is 13.4. The van der Waals surface area contributed by atoms with Crippen LogP contribution in [-0.2, 0) is 11.3 Å². The molecular formula is C14H12F2N2O2. The Labute approximate surface area is 114 Å². The van der Waals surface area contributed by atoms with Gasteiger partial charge in [-0.2, -0.15) is 0 Å². The molecule has 1 heterocycles. The van der Waals surface area contributed by atoms with Crippen LogP contribution in [0.1, 0.15) is 15.9 Å². The summed E-state index contributed by atoms with van der Waals surface area (Å²) in [5.74, 6) is -1.15. The normalized spacial score (nSPS) is 10.2. The van der Waals surface area contributed by atoms with Gasteiger partial charge in [-0.3, -0.25) is 0 Å². The largest absolute Gasteiger partial charge is 0.465 e. The van der Waals surface area contributed by atoms with Crippen LogP contribution in [0.2, 0.25) is 0 Å². The lowest BCUT2D eigenvalue weighted by Crippen LogP contribution is -2.06. The maximum Gasteiger partial charge on any atom is 0.338 e. The summed E-state index contributed by atoms with van der Waals surface area (Å²) < 4.78 is 31.0. The number of benzene rings is 1. The summed E-state index contributed by atoms with van der Waals surface area (Å²) in [6.45, 7) is 0.0568. The summed E-state index contributed by atoms with van der Waals surface area (Å²) >= 11 is 0. The summed E-state index contributed by atoms with van der Waals surface area (Å²) in [5, 5.41) is 2.82. The van der Waals surface area contributed by atoms with E-state index in [9.17, 15) is 13.6 Å². The molecule has 1 aromatic carbocycles. The second-order valence-electron chi connectivity index (χ2n) is 4.01. The van der Waals surface area contributed by atoms with Gasteiger partial charge in [0.2, 0.25) is 0 Å². The lowest BCUT2D eigenvalue weighted by molar-refractivity contribution is 0.0600. The van der Waals surface area contributed by atoms with E-state index in [1.165, 1.54) is 25.4 Å². The van der Waals surface area contributed by atoms with Gasteiger partial charge in [-0.05, 0) is 30.3 Å². The van der Waals surface area contributed by atoms with Gasteiger partial charge in [0.25, 0.3) is 0 Å². The molecule has 1 aromatic heterocycles. The predicted molar refractivity (Wildman–Crippen MR) is 69.3 cm³/mol. The number of halogens is 2. The molecule has 0 atom stereocenters. The van der Waals surface area contributed by atoms with Crippen LogP contribution in [-0.4, -0.2) is 18.1 Å². The second kappa shape index (κ2) is 6.10. The Hall–Kier alpha value is -2.50. The first kappa shape index (κ1) is 13.9. The van der Waals surface area contributed by atoms with E-state index in [4.69, 9.17) is 0 Å². The zero-order valence-corrected chi connectivity index (χ0v) is 10.7. The Balaban J connectivity index is 2.11. The van der Waals surface area contributed by atoms with Gasteiger partial charge in [-0.15, -0.1) is 0 Å². The van der Waals surface area contributed by atoms with Crippen LogP contribution in [0.25, 0.3) is 0 Å². The Morgan fingerprint density at radius 3 is 2.85 bits per heavy atom. The Bertz CT molecular complexity index is 632. The summed E-state index contributed by atoms with van der Waals surface area (Å²) in [6.07, 6.45) is 1.43. The molecule has 0 radical (unpaired) electrons. The molecule has 0 aliphatic rings. The van der Waals surface area contributed by atoms with Crippen LogP contribution < -0.4 is 5.32 Å². The van der Waals surface area contributed by atoms with E-state index in [0.717, 1.165) is 18.2 Å². The van der Waals surface area contributed by atoms with E-state index in [-0.39, 0.29) is 12.1 Å². The van der Waals surface area contributed by atoms with Crippen molar-refractivity contribution in [2.24, 2.45) is 0 Å². The lowest BCUT2D eigenvalue weighted by atomic mass is 10.2. The molecule has 0 unspecified atom stereocenters. The van der Waals surface area contributed by atoms with Gasteiger partial charge in [0.05, 0.1) is 12.7 Å². The number of carbonyl (C=O) groups is 1. The number of nitrogens with zero attached hydrogens (tertiary/aromatic N) is 1. The summed E-state index contributed by atoms with van der Waals surface area (Å²) in [7, 11) is 1.28. The minimum atomic E-state index is -0.514. The Kier molecular flexibility index (Phi) is 4.24. The first-order chi connectivity index (χ1) is 9.60. The van der Waals surface area contributed by atoms with Crippen molar-refractivity contribution in [2.45, 2.75) is 6.54 Å². The minimum absolute atomic E-state index is 0.0568. The standard InChI is InChI=1S/C14H12F2N2O2/c1-20-14(19)9-4-5-17-13(7-9)18-8-10-6-11(15)2-3-12(10)16/h2-7H,8H2,1H3,(H,17,18). The van der Waals surface area contributed by atoms with Crippen LogP contribution >= 0.6 is 0 Å². The van der Waals surface area contributed by atoms with E-state index in [1.807, 2.05) is 0 Å². The highest BCUT2D eigenvalue weighted by Gasteiger charge is 2.08. The molecule has 0 saturated heterocycles. The number of esters is 1. The Morgan fingerprint density at radius 1 is 1.30 bits per heavy atom. The molecular weight excluding hydrogens is 266 g/mol. The van der Waals surface area contributed by atoms with Gasteiger partial charge in [0.15, 0.2) is 0 Å². The molecule has 6 heteroatoms. The lowest BCUT2D eigenvalue weighted by Gasteiger charge is -2.08. The van der Waals surface area contributed by atoms with Crippen molar-refractivity contribution in [1.82, 2.24) is 4.98 Å². The molecule has 0 bridgehead atoms. The molecule has 4 nitrogen and oxygen atoms in total. The number of anilines is 1. The highest BCUT2D eigenvalue weighted by molar-refractivity contribution is 5.89. The summed E-state index contributed by atoms with van der Waals surface area (Å²) in [4.78, 5) is 15.3. The minimum Gasteiger partial charge on any atom is -0.465 e. The van der Waals surface area contributed by atoms with Crippen LogP contribution in [0.5, 0.6) is 0 Å². The number of aromatic nitrogens is 1. The van der Waals surface area contributed by atoms with Crippen molar-refractivity contribution >= 4 is 11.8 Å². The molecule has 0 aliphatic heterocycles. The van der Waals surface area contributed by atoms with Crippen LogP contribution in [0, 0.1) is 11.6 Å². The number of rotatable bonds is 4. The number of hydrogen-bond donors (Lipinski definition) is 1. The fraction of sp³-hybridized carbons (Fsp3) is 0.143. The van der Waals surface area contributed by atoms with Crippen molar-refractivity contribution in [2.75, 3.05) is 12.4 Å². The second-order valence-corrected chi connectivity index (χ2v) is 4.01. The van der Waals surface area contributed by atoms with Gasteiger partial charge in [-0.1, -0.05) is 0 Å². The molecule has 0 amide bonds. The van der Waals surface area contributed by atoms with Gasteiger partial charge in [0, 0.05) is 18.3 Å². The molecule has 0 saturated carbocycles. The zero-order chi connectivity index (χ0) is 14.5. The predicted octanol–water partition coefficient (Wildman–Crippen LogP) is 2.76. The molecule has 0 aliphatic carbocycles. The fourth-order valence-corrected chi connectivity index (χ4v) is 1.64. The van der Waals surface area contributed by atoms with Crippen molar-refractivity contribution in [1.29, 1.82) is 0 Å². The number of pyridine rings is 1. The highest BCUT2D eigenvalue weighted by atomic mass is 19.1. The van der Waals surface area contributed by atoms with E-state index < -0.39 is 17.6 Å². The van der Waals surface area contributed by atoms with Crippen LogP contribution in [0.15, 0.2) is 36.5 Å². The van der Waals surface area contributed by atoms with E-state index in [1.54, 1.807) is 0 Å². The third kappa shape index (κ3) is 3.28.